The van der Waals surface area contributed by atoms with Gasteiger partial charge < -0.3 is 25.2 Å². The molecule has 0 spiro atoms. The molecule has 2 rings (SSSR count). The molecule has 0 aromatic heterocycles. The number of ether oxygens (including phenoxy) is 1. The van der Waals surface area contributed by atoms with E-state index >= 15 is 0 Å². The van der Waals surface area contributed by atoms with E-state index in [4.69, 9.17) is 4.74 Å². The lowest BCUT2D eigenvalue weighted by molar-refractivity contribution is -0.131. The molecular formula is C21H34N4O3. The van der Waals surface area contributed by atoms with Gasteiger partial charge in [0.05, 0.1) is 0 Å². The van der Waals surface area contributed by atoms with Crippen LogP contribution < -0.4 is 15.4 Å². The summed E-state index contributed by atoms with van der Waals surface area (Å²) in [4.78, 5) is 29.4. The minimum Gasteiger partial charge on any atom is -0.484 e. The largest absolute Gasteiger partial charge is 0.484 e. The molecule has 0 aliphatic carbocycles. The van der Waals surface area contributed by atoms with Gasteiger partial charge in [0.25, 0.3) is 5.91 Å². The van der Waals surface area contributed by atoms with Gasteiger partial charge in [-0.25, -0.2) is 0 Å². The fraction of sp³-hybridized carbons (Fsp3) is 0.619. The first-order chi connectivity index (χ1) is 13.5. The van der Waals surface area contributed by atoms with Crippen LogP contribution in [0.25, 0.3) is 0 Å². The average molecular weight is 391 g/mol. The maximum atomic E-state index is 12.5. The highest BCUT2D eigenvalue weighted by Gasteiger charge is 2.24. The molecule has 0 saturated carbocycles. The van der Waals surface area contributed by atoms with Crippen molar-refractivity contribution in [1.82, 2.24) is 20.4 Å². The summed E-state index contributed by atoms with van der Waals surface area (Å²) in [6.45, 7) is 9.69. The maximum Gasteiger partial charge on any atom is 0.258 e. The molecule has 1 unspecified atom stereocenters. The molecule has 1 aliphatic heterocycles. The molecule has 2 amide bonds. The Bertz CT molecular complexity index is 601. The molecule has 7 nitrogen and oxygen atoms in total. The molecule has 1 fully saturated rings. The SMILES string of the molecule is CC(C)C(NC(=O)COc1ccccc1)C(=O)NCCCN1CCN(C)CC1. The first-order valence-electron chi connectivity index (χ1n) is 10.1. The molecule has 0 bridgehead atoms. The van der Waals surface area contributed by atoms with Crippen molar-refractivity contribution in [2.24, 2.45) is 5.92 Å². The Balaban J connectivity index is 1.68. The maximum absolute atomic E-state index is 12.5. The molecule has 28 heavy (non-hydrogen) atoms. The second-order valence-corrected chi connectivity index (χ2v) is 7.68. The van der Waals surface area contributed by atoms with Crippen LogP contribution in [0, 0.1) is 5.92 Å². The number of para-hydroxylation sites is 1. The molecule has 1 aliphatic rings. The third kappa shape index (κ3) is 7.86. The zero-order chi connectivity index (χ0) is 20.4. The Labute approximate surface area is 168 Å². The second kappa shape index (κ2) is 11.7. The molecule has 156 valence electrons. The summed E-state index contributed by atoms with van der Waals surface area (Å²) in [7, 11) is 2.14. The third-order valence-electron chi connectivity index (χ3n) is 4.93. The molecular weight excluding hydrogens is 356 g/mol. The van der Waals surface area contributed by atoms with E-state index in [2.05, 4.69) is 27.5 Å². The molecule has 1 aromatic carbocycles. The lowest BCUT2D eigenvalue weighted by atomic mass is 10.0. The van der Waals surface area contributed by atoms with E-state index in [0.29, 0.717) is 12.3 Å². The standard InChI is InChI=1S/C21H34N4O3/c1-17(2)20(23-19(26)16-28-18-8-5-4-6-9-18)21(27)22-10-7-11-25-14-12-24(3)13-15-25/h4-6,8-9,17,20H,7,10-16H2,1-3H3,(H,22,27)(H,23,26). The number of likely N-dealkylation sites (N-methyl/N-ethyl adjacent to an activating group) is 1. The summed E-state index contributed by atoms with van der Waals surface area (Å²) < 4.78 is 5.45. The zero-order valence-corrected chi connectivity index (χ0v) is 17.3. The summed E-state index contributed by atoms with van der Waals surface area (Å²) in [5, 5.41) is 5.75. The van der Waals surface area contributed by atoms with Crippen LogP contribution in [0.1, 0.15) is 20.3 Å². The van der Waals surface area contributed by atoms with Crippen molar-refractivity contribution in [1.29, 1.82) is 0 Å². The highest BCUT2D eigenvalue weighted by Crippen LogP contribution is 2.08. The van der Waals surface area contributed by atoms with Crippen LogP contribution in [0.5, 0.6) is 5.75 Å². The second-order valence-electron chi connectivity index (χ2n) is 7.68. The van der Waals surface area contributed by atoms with Crippen LogP contribution in [0.15, 0.2) is 30.3 Å². The van der Waals surface area contributed by atoms with E-state index in [1.54, 1.807) is 12.1 Å². The van der Waals surface area contributed by atoms with Gasteiger partial charge in [0.1, 0.15) is 11.8 Å². The molecule has 1 heterocycles. The van der Waals surface area contributed by atoms with Crippen LogP contribution >= 0.6 is 0 Å². The van der Waals surface area contributed by atoms with Gasteiger partial charge in [-0.05, 0) is 38.1 Å². The Morgan fingerprint density at radius 1 is 1.11 bits per heavy atom. The van der Waals surface area contributed by atoms with Crippen molar-refractivity contribution in [3.05, 3.63) is 30.3 Å². The number of carbonyl (C=O) groups is 2. The molecule has 2 N–H and O–H groups in total. The van der Waals surface area contributed by atoms with Gasteiger partial charge in [-0.3, -0.25) is 9.59 Å². The van der Waals surface area contributed by atoms with Crippen molar-refractivity contribution >= 4 is 11.8 Å². The van der Waals surface area contributed by atoms with Crippen molar-refractivity contribution < 1.29 is 14.3 Å². The van der Waals surface area contributed by atoms with E-state index in [9.17, 15) is 9.59 Å². The third-order valence-corrected chi connectivity index (χ3v) is 4.93. The molecule has 1 aromatic rings. The minimum absolute atomic E-state index is 0.00157. The number of piperazine rings is 1. The lowest BCUT2D eigenvalue weighted by Crippen LogP contribution is -2.51. The number of benzene rings is 1. The van der Waals surface area contributed by atoms with Crippen LogP contribution in [0.3, 0.4) is 0 Å². The van der Waals surface area contributed by atoms with E-state index in [-0.39, 0.29) is 24.3 Å². The molecule has 7 heteroatoms. The van der Waals surface area contributed by atoms with Crippen LogP contribution in [-0.4, -0.2) is 80.6 Å². The fourth-order valence-electron chi connectivity index (χ4n) is 3.11. The number of carbonyl (C=O) groups excluding carboxylic acids is 2. The first-order valence-corrected chi connectivity index (χ1v) is 10.1. The first kappa shape index (κ1) is 22.2. The monoisotopic (exact) mass is 390 g/mol. The van der Waals surface area contributed by atoms with Gasteiger partial charge in [-0.15, -0.1) is 0 Å². The Kier molecular flexibility index (Phi) is 9.23. The number of nitrogens with one attached hydrogen (secondary N) is 2. The summed E-state index contributed by atoms with van der Waals surface area (Å²) in [5.41, 5.74) is 0. The average Bonchev–Trinajstić information content (AvgIpc) is 2.69. The number of hydrogen-bond donors (Lipinski definition) is 2. The van der Waals surface area contributed by atoms with E-state index in [1.165, 1.54) is 0 Å². The van der Waals surface area contributed by atoms with Gasteiger partial charge in [0.15, 0.2) is 6.61 Å². The number of nitrogens with zero attached hydrogens (tertiary/aromatic N) is 2. The van der Waals surface area contributed by atoms with Crippen molar-refractivity contribution in [2.75, 3.05) is 52.9 Å². The topological polar surface area (TPSA) is 73.9 Å². The Morgan fingerprint density at radius 3 is 2.43 bits per heavy atom. The number of hydrogen-bond acceptors (Lipinski definition) is 5. The molecule has 1 saturated heterocycles. The van der Waals surface area contributed by atoms with Crippen LogP contribution in [-0.2, 0) is 9.59 Å². The predicted molar refractivity (Wildman–Crippen MR) is 110 cm³/mol. The highest BCUT2D eigenvalue weighted by atomic mass is 16.5. The van der Waals surface area contributed by atoms with Crippen LogP contribution in [0.2, 0.25) is 0 Å². The van der Waals surface area contributed by atoms with Gasteiger partial charge >= 0.3 is 0 Å². The van der Waals surface area contributed by atoms with Crippen molar-refractivity contribution in [3.8, 4) is 5.75 Å². The van der Waals surface area contributed by atoms with Gasteiger partial charge in [0, 0.05) is 32.7 Å². The van der Waals surface area contributed by atoms with Gasteiger partial charge in [-0.2, -0.15) is 0 Å². The fourth-order valence-corrected chi connectivity index (χ4v) is 3.11. The zero-order valence-electron chi connectivity index (χ0n) is 17.3. The Morgan fingerprint density at radius 2 is 1.79 bits per heavy atom. The van der Waals surface area contributed by atoms with E-state index in [0.717, 1.165) is 39.1 Å². The number of rotatable bonds is 10. The van der Waals surface area contributed by atoms with E-state index in [1.807, 2.05) is 32.0 Å². The van der Waals surface area contributed by atoms with Crippen molar-refractivity contribution in [2.45, 2.75) is 26.3 Å². The summed E-state index contributed by atoms with van der Waals surface area (Å²) in [6.07, 6.45) is 0.908. The molecule has 0 radical (unpaired) electrons. The minimum atomic E-state index is -0.560. The number of amides is 2. The summed E-state index contributed by atoms with van der Waals surface area (Å²) in [6, 6.07) is 8.60. The smallest absolute Gasteiger partial charge is 0.258 e. The van der Waals surface area contributed by atoms with Crippen molar-refractivity contribution in [3.63, 3.8) is 0 Å². The normalized spacial score (nSPS) is 16.6. The van der Waals surface area contributed by atoms with Gasteiger partial charge in [-0.1, -0.05) is 32.0 Å². The van der Waals surface area contributed by atoms with E-state index < -0.39 is 6.04 Å². The molecule has 1 atom stereocenters. The highest BCUT2D eigenvalue weighted by molar-refractivity contribution is 5.88. The predicted octanol–water partition coefficient (Wildman–Crippen LogP) is 0.960. The summed E-state index contributed by atoms with van der Waals surface area (Å²) >= 11 is 0. The Hall–Kier alpha value is -2.12. The lowest BCUT2D eigenvalue weighted by Gasteiger charge is -2.32. The van der Waals surface area contributed by atoms with Crippen LogP contribution in [0.4, 0.5) is 0 Å². The van der Waals surface area contributed by atoms with Gasteiger partial charge in [0.2, 0.25) is 5.91 Å². The quantitative estimate of drug-likeness (QED) is 0.582. The summed E-state index contributed by atoms with van der Waals surface area (Å²) in [5.74, 6) is 0.196.